The van der Waals surface area contributed by atoms with Gasteiger partial charge >= 0.3 is 5.82 Å². The highest BCUT2D eigenvalue weighted by Crippen LogP contribution is 2.22. The minimum atomic E-state index is -0.551. The quantitative estimate of drug-likeness (QED) is 0.624. The van der Waals surface area contributed by atoms with Crippen LogP contribution in [0.4, 0.5) is 5.82 Å². The van der Waals surface area contributed by atoms with E-state index in [0.29, 0.717) is 23.5 Å². The second kappa shape index (κ2) is 5.68. The molecule has 1 aliphatic heterocycles. The molecule has 8 heteroatoms. The van der Waals surface area contributed by atoms with Crippen molar-refractivity contribution in [2.24, 2.45) is 0 Å². The lowest BCUT2D eigenvalue weighted by Crippen LogP contribution is -2.34. The standard InChI is InChI=1S/C11H15BrN4O3/c1-8-3-2-5-15(8)10(17)4-6-14-7-9(12)11(13-14)16(18)19/h7-8H,2-6H2,1H3/t8-/m0/s1. The Kier molecular flexibility index (Phi) is 4.18. The summed E-state index contributed by atoms with van der Waals surface area (Å²) in [6.45, 7) is 3.21. The molecule has 19 heavy (non-hydrogen) atoms. The molecule has 1 saturated heterocycles. The van der Waals surface area contributed by atoms with Gasteiger partial charge in [0.1, 0.15) is 4.47 Å². The Hall–Kier alpha value is -1.44. The van der Waals surface area contributed by atoms with Crippen LogP contribution in [0.2, 0.25) is 0 Å². The Bertz CT molecular complexity index is 502. The second-order valence-electron chi connectivity index (χ2n) is 4.65. The van der Waals surface area contributed by atoms with Crippen molar-refractivity contribution in [2.75, 3.05) is 6.54 Å². The van der Waals surface area contributed by atoms with Crippen LogP contribution >= 0.6 is 15.9 Å². The van der Waals surface area contributed by atoms with Crippen LogP contribution in [-0.4, -0.2) is 38.1 Å². The Balaban J connectivity index is 1.93. The third-order valence-corrected chi connectivity index (χ3v) is 3.86. The number of hydrogen-bond acceptors (Lipinski definition) is 4. The molecule has 0 bridgehead atoms. The van der Waals surface area contributed by atoms with Crippen molar-refractivity contribution in [1.29, 1.82) is 0 Å². The fraction of sp³-hybridized carbons (Fsp3) is 0.636. The van der Waals surface area contributed by atoms with Crippen LogP contribution in [0.5, 0.6) is 0 Å². The maximum Gasteiger partial charge on any atom is 0.404 e. The first-order valence-electron chi connectivity index (χ1n) is 6.16. The van der Waals surface area contributed by atoms with Crippen LogP contribution in [0.1, 0.15) is 26.2 Å². The Labute approximate surface area is 118 Å². The van der Waals surface area contributed by atoms with Gasteiger partial charge in [0, 0.05) is 19.0 Å². The first kappa shape index (κ1) is 14.0. The van der Waals surface area contributed by atoms with Crippen molar-refractivity contribution >= 4 is 27.7 Å². The number of carbonyl (C=O) groups is 1. The minimum Gasteiger partial charge on any atom is -0.358 e. The largest absolute Gasteiger partial charge is 0.404 e. The number of halogens is 1. The first-order valence-corrected chi connectivity index (χ1v) is 6.95. The molecule has 0 radical (unpaired) electrons. The van der Waals surface area contributed by atoms with Crippen LogP contribution < -0.4 is 0 Å². The molecule has 1 aliphatic rings. The zero-order valence-electron chi connectivity index (χ0n) is 10.6. The summed E-state index contributed by atoms with van der Waals surface area (Å²) in [5.41, 5.74) is 0. The number of aromatic nitrogens is 2. The maximum absolute atomic E-state index is 12.0. The van der Waals surface area contributed by atoms with E-state index in [4.69, 9.17) is 0 Å². The second-order valence-corrected chi connectivity index (χ2v) is 5.50. The van der Waals surface area contributed by atoms with E-state index in [1.807, 2.05) is 11.8 Å². The van der Waals surface area contributed by atoms with E-state index in [0.717, 1.165) is 19.4 Å². The van der Waals surface area contributed by atoms with E-state index < -0.39 is 4.92 Å². The SMILES string of the molecule is C[C@H]1CCCN1C(=O)CCn1cc(Br)c([N+](=O)[O-])n1. The van der Waals surface area contributed by atoms with Crippen molar-refractivity contribution in [1.82, 2.24) is 14.7 Å². The summed E-state index contributed by atoms with van der Waals surface area (Å²) in [7, 11) is 0. The van der Waals surface area contributed by atoms with Gasteiger partial charge in [0.2, 0.25) is 5.91 Å². The Morgan fingerprint density at radius 2 is 2.42 bits per heavy atom. The lowest BCUT2D eigenvalue weighted by Gasteiger charge is -2.20. The third kappa shape index (κ3) is 3.12. The van der Waals surface area contributed by atoms with E-state index >= 15 is 0 Å². The van der Waals surface area contributed by atoms with Gasteiger partial charge in [0.25, 0.3) is 0 Å². The number of likely N-dealkylation sites (tertiary alicyclic amines) is 1. The van der Waals surface area contributed by atoms with Crippen molar-refractivity contribution in [3.63, 3.8) is 0 Å². The zero-order valence-corrected chi connectivity index (χ0v) is 12.2. The molecule has 7 nitrogen and oxygen atoms in total. The molecule has 0 saturated carbocycles. The molecule has 1 amide bonds. The summed E-state index contributed by atoms with van der Waals surface area (Å²) < 4.78 is 1.76. The smallest absolute Gasteiger partial charge is 0.358 e. The van der Waals surface area contributed by atoms with Gasteiger partial charge in [-0.25, -0.2) is 0 Å². The number of amides is 1. The average Bonchev–Trinajstić information content (AvgIpc) is 2.92. The minimum absolute atomic E-state index is 0.0827. The Morgan fingerprint density at radius 1 is 1.68 bits per heavy atom. The summed E-state index contributed by atoms with van der Waals surface area (Å²) in [5.74, 6) is -0.138. The number of rotatable bonds is 4. The lowest BCUT2D eigenvalue weighted by atomic mass is 10.2. The van der Waals surface area contributed by atoms with Gasteiger partial charge in [-0.15, -0.1) is 0 Å². The summed E-state index contributed by atoms with van der Waals surface area (Å²) in [6.07, 6.45) is 3.94. The molecule has 1 aromatic heterocycles. The highest BCUT2D eigenvalue weighted by Gasteiger charge is 2.25. The molecule has 0 unspecified atom stereocenters. The highest BCUT2D eigenvalue weighted by atomic mass is 79.9. The molecular formula is C11H15BrN4O3. The van der Waals surface area contributed by atoms with Crippen molar-refractivity contribution in [3.05, 3.63) is 20.8 Å². The predicted molar refractivity (Wildman–Crippen MR) is 71.6 cm³/mol. The number of aryl methyl sites for hydroxylation is 1. The molecule has 104 valence electrons. The third-order valence-electron chi connectivity index (χ3n) is 3.30. The zero-order chi connectivity index (χ0) is 14.0. The van der Waals surface area contributed by atoms with E-state index in [1.165, 1.54) is 10.9 Å². The number of carbonyl (C=O) groups excluding carboxylic acids is 1. The normalized spacial score (nSPS) is 18.8. The monoisotopic (exact) mass is 330 g/mol. The summed E-state index contributed by atoms with van der Waals surface area (Å²) >= 11 is 3.08. The predicted octanol–water partition coefficient (Wildman–Crippen LogP) is 1.95. The number of nitro groups is 1. The van der Waals surface area contributed by atoms with Crippen molar-refractivity contribution < 1.29 is 9.72 Å². The van der Waals surface area contributed by atoms with Crippen LogP contribution in [0.3, 0.4) is 0 Å². The van der Waals surface area contributed by atoms with E-state index in [-0.39, 0.29) is 11.7 Å². The van der Waals surface area contributed by atoms with Gasteiger partial charge < -0.3 is 15.0 Å². The molecule has 0 N–H and O–H groups in total. The van der Waals surface area contributed by atoms with Crippen LogP contribution in [0.25, 0.3) is 0 Å². The van der Waals surface area contributed by atoms with Gasteiger partial charge in [0.15, 0.2) is 0 Å². The summed E-state index contributed by atoms with van der Waals surface area (Å²) in [4.78, 5) is 24.0. The molecule has 1 atom stereocenters. The number of nitrogens with zero attached hydrogens (tertiary/aromatic N) is 4. The highest BCUT2D eigenvalue weighted by molar-refractivity contribution is 9.10. The van der Waals surface area contributed by atoms with Crippen LogP contribution in [0, 0.1) is 10.1 Å². The molecular weight excluding hydrogens is 316 g/mol. The summed E-state index contributed by atoms with van der Waals surface area (Å²) in [5, 5.41) is 14.5. The van der Waals surface area contributed by atoms with Crippen molar-refractivity contribution in [3.8, 4) is 0 Å². The molecule has 0 spiro atoms. The van der Waals surface area contributed by atoms with Gasteiger partial charge in [-0.3, -0.25) is 4.79 Å². The lowest BCUT2D eigenvalue weighted by molar-refractivity contribution is -0.390. The Morgan fingerprint density at radius 3 is 2.95 bits per heavy atom. The van der Waals surface area contributed by atoms with Gasteiger partial charge in [-0.05, 0) is 40.6 Å². The number of hydrogen-bond donors (Lipinski definition) is 0. The van der Waals surface area contributed by atoms with Crippen LogP contribution in [-0.2, 0) is 11.3 Å². The van der Waals surface area contributed by atoms with Gasteiger partial charge in [-0.1, -0.05) is 0 Å². The van der Waals surface area contributed by atoms with Gasteiger partial charge in [0.05, 0.1) is 17.8 Å². The molecule has 1 aromatic rings. The molecule has 2 heterocycles. The average molecular weight is 331 g/mol. The summed E-state index contributed by atoms with van der Waals surface area (Å²) in [6, 6.07) is 0.297. The maximum atomic E-state index is 12.0. The van der Waals surface area contributed by atoms with Gasteiger partial charge in [-0.2, -0.15) is 4.68 Å². The van der Waals surface area contributed by atoms with E-state index in [1.54, 1.807) is 0 Å². The topological polar surface area (TPSA) is 81.3 Å². The fourth-order valence-corrected chi connectivity index (χ4v) is 2.74. The molecule has 0 aliphatic carbocycles. The first-order chi connectivity index (χ1) is 8.99. The molecule has 1 fully saturated rings. The van der Waals surface area contributed by atoms with E-state index in [2.05, 4.69) is 21.0 Å². The van der Waals surface area contributed by atoms with Crippen LogP contribution in [0.15, 0.2) is 10.7 Å². The van der Waals surface area contributed by atoms with E-state index in [9.17, 15) is 14.9 Å². The molecule has 2 rings (SSSR count). The fourth-order valence-electron chi connectivity index (χ4n) is 2.28. The molecule has 0 aromatic carbocycles. The van der Waals surface area contributed by atoms with Crippen molar-refractivity contribution in [2.45, 2.75) is 38.8 Å².